The molecule has 0 rings (SSSR count). The number of aliphatic carboxylic acids is 1. The monoisotopic (exact) mass is 182 g/mol. The Morgan fingerprint density at radius 3 is 2.36 bits per heavy atom. The van der Waals surface area contributed by atoms with E-state index in [0.717, 1.165) is 0 Å². The van der Waals surface area contributed by atoms with Crippen molar-refractivity contribution in [2.75, 3.05) is 13.8 Å². The van der Waals surface area contributed by atoms with Crippen LogP contribution in [0.1, 0.15) is 6.92 Å². The molecule has 66 valence electrons. The molecule has 5 nitrogen and oxygen atoms in total. The predicted molar refractivity (Wildman–Crippen MR) is 38.7 cm³/mol. The van der Waals surface area contributed by atoms with Crippen molar-refractivity contribution in [2.24, 2.45) is 0 Å². The lowest BCUT2D eigenvalue weighted by Gasteiger charge is -2.13. The van der Waals surface area contributed by atoms with Gasteiger partial charge in [-0.05, 0) is 6.92 Å². The summed E-state index contributed by atoms with van der Waals surface area (Å²) in [7, 11) is -1.96. The molecule has 0 bridgehead atoms. The van der Waals surface area contributed by atoms with Gasteiger partial charge in [0.15, 0.2) is 6.10 Å². The van der Waals surface area contributed by atoms with Crippen LogP contribution in [0.5, 0.6) is 0 Å². The Morgan fingerprint density at radius 1 is 1.64 bits per heavy atom. The summed E-state index contributed by atoms with van der Waals surface area (Å²) in [5.41, 5.74) is 0. The minimum Gasteiger partial charge on any atom is -0.479 e. The molecule has 0 radical (unpaired) electrons. The van der Waals surface area contributed by atoms with Crippen LogP contribution in [-0.4, -0.2) is 31.0 Å². The topological polar surface area (TPSA) is 72.8 Å². The summed E-state index contributed by atoms with van der Waals surface area (Å²) in [6.07, 6.45) is -1.11. The lowest BCUT2D eigenvalue weighted by molar-refractivity contribution is -0.144. The molecule has 0 saturated heterocycles. The van der Waals surface area contributed by atoms with Crippen molar-refractivity contribution in [2.45, 2.75) is 13.0 Å². The molecule has 0 aliphatic rings. The molecule has 6 heteroatoms. The standard InChI is InChI=1S/C5H11O5P/c1-4(5(6)7)10-11(3,8)9-2/h4H,1-3H3,(H,6,7). The highest BCUT2D eigenvalue weighted by Crippen LogP contribution is 2.43. The zero-order valence-corrected chi connectivity index (χ0v) is 7.50. The molecular weight excluding hydrogens is 171 g/mol. The molecule has 1 N–H and O–H groups in total. The Bertz CT molecular complexity index is 189. The second-order valence-corrected chi connectivity index (χ2v) is 4.16. The van der Waals surface area contributed by atoms with Gasteiger partial charge in [-0.2, -0.15) is 0 Å². The van der Waals surface area contributed by atoms with Crippen LogP contribution in [0.4, 0.5) is 0 Å². The summed E-state index contributed by atoms with van der Waals surface area (Å²) < 4.78 is 20.0. The number of hydrogen-bond acceptors (Lipinski definition) is 4. The Hall–Kier alpha value is -0.380. The van der Waals surface area contributed by atoms with E-state index in [2.05, 4.69) is 9.05 Å². The van der Waals surface area contributed by atoms with Crippen molar-refractivity contribution in [3.8, 4) is 0 Å². The first-order chi connectivity index (χ1) is 4.89. The summed E-state index contributed by atoms with van der Waals surface area (Å²) in [5, 5.41) is 8.34. The highest BCUT2D eigenvalue weighted by Gasteiger charge is 2.22. The van der Waals surface area contributed by atoms with Gasteiger partial charge < -0.3 is 9.63 Å². The first-order valence-corrected chi connectivity index (χ1v) is 4.92. The van der Waals surface area contributed by atoms with Gasteiger partial charge in [-0.3, -0.25) is 9.09 Å². The fourth-order valence-electron chi connectivity index (χ4n) is 0.375. The van der Waals surface area contributed by atoms with Crippen LogP contribution in [-0.2, 0) is 18.4 Å². The number of carboxylic acid groups (broad SMARTS) is 1. The number of rotatable bonds is 4. The van der Waals surface area contributed by atoms with Crippen molar-refractivity contribution >= 4 is 13.6 Å². The molecule has 0 heterocycles. The van der Waals surface area contributed by atoms with Gasteiger partial charge >= 0.3 is 13.6 Å². The Labute approximate surface area is 64.8 Å². The molecular formula is C5H11O5P. The maximum atomic E-state index is 11.0. The van der Waals surface area contributed by atoms with E-state index in [0.29, 0.717) is 0 Å². The maximum absolute atomic E-state index is 11.0. The predicted octanol–water partition coefficient (Wildman–Crippen LogP) is 0.945. The highest BCUT2D eigenvalue weighted by molar-refractivity contribution is 7.53. The average Bonchev–Trinajstić information content (AvgIpc) is 1.87. The third-order valence-corrected chi connectivity index (χ3v) is 2.39. The van der Waals surface area contributed by atoms with Gasteiger partial charge in [-0.25, -0.2) is 4.79 Å². The second-order valence-electron chi connectivity index (χ2n) is 2.04. The van der Waals surface area contributed by atoms with Gasteiger partial charge in [0.05, 0.1) is 0 Å². The molecule has 0 saturated carbocycles. The van der Waals surface area contributed by atoms with E-state index < -0.39 is 19.7 Å². The Kier molecular flexibility index (Phi) is 3.72. The van der Waals surface area contributed by atoms with E-state index in [1.54, 1.807) is 0 Å². The largest absolute Gasteiger partial charge is 0.479 e. The van der Waals surface area contributed by atoms with E-state index in [1.165, 1.54) is 20.7 Å². The lowest BCUT2D eigenvalue weighted by atomic mass is 10.4. The van der Waals surface area contributed by atoms with Crippen LogP contribution in [0, 0.1) is 0 Å². The van der Waals surface area contributed by atoms with Crippen LogP contribution < -0.4 is 0 Å². The highest BCUT2D eigenvalue weighted by atomic mass is 31.2. The molecule has 0 aliphatic carbocycles. The van der Waals surface area contributed by atoms with Crippen molar-refractivity contribution in [1.29, 1.82) is 0 Å². The first kappa shape index (κ1) is 10.6. The van der Waals surface area contributed by atoms with Crippen molar-refractivity contribution in [3.63, 3.8) is 0 Å². The summed E-state index contributed by atoms with van der Waals surface area (Å²) in [5.74, 6) is -1.16. The summed E-state index contributed by atoms with van der Waals surface area (Å²) in [6.45, 7) is 2.50. The van der Waals surface area contributed by atoms with E-state index in [9.17, 15) is 9.36 Å². The summed E-state index contributed by atoms with van der Waals surface area (Å²) >= 11 is 0. The molecule has 0 aromatic rings. The molecule has 0 aromatic heterocycles. The minimum atomic E-state index is -3.16. The quantitative estimate of drug-likeness (QED) is 0.655. The molecule has 0 amide bonds. The minimum absolute atomic E-state index is 1.11. The molecule has 11 heavy (non-hydrogen) atoms. The maximum Gasteiger partial charge on any atom is 0.333 e. The number of carboxylic acids is 1. The van der Waals surface area contributed by atoms with Gasteiger partial charge in [-0.1, -0.05) is 0 Å². The molecule has 0 aliphatic heterocycles. The zero-order valence-electron chi connectivity index (χ0n) is 6.60. The smallest absolute Gasteiger partial charge is 0.333 e. The summed E-state index contributed by atoms with van der Waals surface area (Å²) in [6, 6.07) is 0. The zero-order chi connectivity index (χ0) is 9.07. The van der Waals surface area contributed by atoms with Gasteiger partial charge in [0.1, 0.15) is 0 Å². The van der Waals surface area contributed by atoms with Crippen LogP contribution in [0.2, 0.25) is 0 Å². The molecule has 2 atom stereocenters. The fraction of sp³-hybridized carbons (Fsp3) is 0.800. The molecule has 0 aromatic carbocycles. The SMILES string of the molecule is COP(C)(=O)OC(C)C(=O)O. The Balaban J connectivity index is 4.04. The van der Waals surface area contributed by atoms with E-state index >= 15 is 0 Å². The summed E-state index contributed by atoms with van der Waals surface area (Å²) in [4.78, 5) is 10.2. The molecule has 2 unspecified atom stereocenters. The normalized spacial score (nSPS) is 18.8. The second kappa shape index (κ2) is 3.85. The number of carbonyl (C=O) groups is 1. The van der Waals surface area contributed by atoms with Crippen molar-refractivity contribution < 1.29 is 23.5 Å². The molecule has 0 spiro atoms. The van der Waals surface area contributed by atoms with Crippen LogP contribution in [0.25, 0.3) is 0 Å². The van der Waals surface area contributed by atoms with Gasteiger partial charge in [-0.15, -0.1) is 0 Å². The van der Waals surface area contributed by atoms with Crippen LogP contribution >= 0.6 is 7.60 Å². The van der Waals surface area contributed by atoms with E-state index in [-0.39, 0.29) is 0 Å². The average molecular weight is 182 g/mol. The van der Waals surface area contributed by atoms with Gasteiger partial charge in [0.25, 0.3) is 0 Å². The van der Waals surface area contributed by atoms with Crippen molar-refractivity contribution in [3.05, 3.63) is 0 Å². The lowest BCUT2D eigenvalue weighted by Crippen LogP contribution is -2.18. The van der Waals surface area contributed by atoms with Crippen LogP contribution in [0.15, 0.2) is 0 Å². The number of hydrogen-bond donors (Lipinski definition) is 1. The third kappa shape index (κ3) is 4.14. The van der Waals surface area contributed by atoms with Crippen molar-refractivity contribution in [1.82, 2.24) is 0 Å². The van der Waals surface area contributed by atoms with E-state index in [4.69, 9.17) is 5.11 Å². The van der Waals surface area contributed by atoms with E-state index in [1.807, 2.05) is 0 Å². The first-order valence-electron chi connectivity index (χ1n) is 2.93. The third-order valence-electron chi connectivity index (χ3n) is 1.03. The molecule has 0 fully saturated rings. The van der Waals surface area contributed by atoms with Gasteiger partial charge in [0, 0.05) is 13.8 Å². The Morgan fingerprint density at radius 2 is 2.09 bits per heavy atom. The van der Waals surface area contributed by atoms with Gasteiger partial charge in [0.2, 0.25) is 0 Å². The van der Waals surface area contributed by atoms with Crippen LogP contribution in [0.3, 0.4) is 0 Å². The fourth-order valence-corrected chi connectivity index (χ4v) is 1.13.